The molecule has 0 aliphatic carbocycles. The van der Waals surface area contributed by atoms with Crippen LogP contribution in [0.2, 0.25) is 0 Å². The molecule has 0 saturated carbocycles. The second-order valence-corrected chi connectivity index (χ2v) is 8.68. The number of benzene rings is 2. The van der Waals surface area contributed by atoms with Crippen molar-refractivity contribution < 1.29 is 31.9 Å². The van der Waals surface area contributed by atoms with Crippen LogP contribution in [0.25, 0.3) is 22.3 Å². The van der Waals surface area contributed by atoms with E-state index in [2.05, 4.69) is 4.72 Å². The Morgan fingerprint density at radius 3 is 2.55 bits per heavy atom. The third-order valence-electron chi connectivity index (χ3n) is 4.75. The lowest BCUT2D eigenvalue weighted by Gasteiger charge is -2.16. The van der Waals surface area contributed by atoms with Gasteiger partial charge in [-0.15, -0.1) is 0 Å². The summed E-state index contributed by atoms with van der Waals surface area (Å²) in [6.45, 7) is 0.541. The van der Waals surface area contributed by atoms with Crippen molar-refractivity contribution in [2.75, 3.05) is 17.6 Å². The van der Waals surface area contributed by atoms with Gasteiger partial charge >= 0.3 is 5.97 Å². The van der Waals surface area contributed by atoms with E-state index in [1.165, 1.54) is 30.3 Å². The van der Waals surface area contributed by atoms with Gasteiger partial charge in [0.1, 0.15) is 22.7 Å². The Hall–Kier alpha value is -2.91. The fourth-order valence-corrected chi connectivity index (χ4v) is 4.13. The lowest BCUT2D eigenvalue weighted by molar-refractivity contribution is 0.0699. The van der Waals surface area contributed by atoms with Crippen molar-refractivity contribution in [2.24, 2.45) is 0 Å². The highest BCUT2D eigenvalue weighted by Gasteiger charge is 2.27. The molecular formula is C20H18FNO6S. The molecule has 29 heavy (non-hydrogen) atoms. The van der Waals surface area contributed by atoms with Crippen LogP contribution >= 0.6 is 0 Å². The Bertz CT molecular complexity index is 1190. The van der Waals surface area contributed by atoms with Crippen molar-refractivity contribution in [3.63, 3.8) is 0 Å². The van der Waals surface area contributed by atoms with Gasteiger partial charge in [-0.3, -0.25) is 4.72 Å². The number of anilines is 1. The van der Waals surface area contributed by atoms with Gasteiger partial charge in [0.05, 0.1) is 18.0 Å². The number of hydrogen-bond donors (Lipinski definition) is 2. The molecule has 0 bridgehead atoms. The van der Waals surface area contributed by atoms with Crippen LogP contribution in [0.15, 0.2) is 40.8 Å². The molecule has 152 valence electrons. The monoisotopic (exact) mass is 419 g/mol. The number of carboxylic acid groups (broad SMARTS) is 1. The minimum absolute atomic E-state index is 0.0716. The largest absolute Gasteiger partial charge is 0.478 e. The summed E-state index contributed by atoms with van der Waals surface area (Å²) in [5, 5.41) is 10.1. The normalized spacial score (nSPS) is 17.0. The van der Waals surface area contributed by atoms with Crippen molar-refractivity contribution in [3.05, 3.63) is 53.3 Å². The molecule has 1 saturated heterocycles. The van der Waals surface area contributed by atoms with E-state index >= 15 is 0 Å². The maximum Gasteiger partial charge on any atom is 0.340 e. The van der Waals surface area contributed by atoms with Crippen molar-refractivity contribution in [3.8, 4) is 11.3 Å². The number of sulfonamides is 1. The zero-order valence-electron chi connectivity index (χ0n) is 15.4. The zero-order valence-corrected chi connectivity index (χ0v) is 16.3. The van der Waals surface area contributed by atoms with E-state index in [4.69, 9.17) is 9.15 Å². The summed E-state index contributed by atoms with van der Waals surface area (Å²) in [7, 11) is -3.58. The number of fused-ring (bicyclic) bond motifs is 1. The van der Waals surface area contributed by atoms with E-state index in [9.17, 15) is 22.7 Å². The molecular weight excluding hydrogens is 401 g/mol. The smallest absolute Gasteiger partial charge is 0.340 e. The van der Waals surface area contributed by atoms with Crippen LogP contribution in [0.3, 0.4) is 0 Å². The molecule has 0 radical (unpaired) electrons. The predicted molar refractivity (Wildman–Crippen MR) is 105 cm³/mol. The highest BCUT2D eigenvalue weighted by Crippen LogP contribution is 2.41. The average Bonchev–Trinajstić information content (AvgIpc) is 3.27. The number of halogens is 1. The number of rotatable bonds is 5. The maximum absolute atomic E-state index is 13.3. The molecule has 1 unspecified atom stereocenters. The topological polar surface area (TPSA) is 106 Å². The fourth-order valence-electron chi connectivity index (χ4n) is 3.55. The standard InChI is InChI=1S/C20H18FNO6S/c1-29(25,26)22-15-10-17-14(9-13(15)16-3-2-8-27-16)18(20(23)24)19(28-17)11-4-6-12(21)7-5-11/h4-7,9-10,16,22H,2-3,8H2,1H3,(H,23,24). The van der Waals surface area contributed by atoms with Crippen molar-refractivity contribution in [2.45, 2.75) is 18.9 Å². The molecule has 3 aromatic rings. The van der Waals surface area contributed by atoms with Gasteiger partial charge in [0.15, 0.2) is 0 Å². The zero-order chi connectivity index (χ0) is 20.8. The first-order valence-electron chi connectivity index (χ1n) is 8.92. The molecule has 2 heterocycles. The minimum Gasteiger partial charge on any atom is -0.478 e. The van der Waals surface area contributed by atoms with E-state index < -0.39 is 21.8 Å². The number of carbonyl (C=O) groups is 1. The van der Waals surface area contributed by atoms with Gasteiger partial charge in [-0.05, 0) is 43.2 Å². The van der Waals surface area contributed by atoms with Crippen LogP contribution in [-0.2, 0) is 14.8 Å². The molecule has 2 N–H and O–H groups in total. The van der Waals surface area contributed by atoms with Gasteiger partial charge in [-0.25, -0.2) is 17.6 Å². The van der Waals surface area contributed by atoms with E-state index in [1.54, 1.807) is 6.07 Å². The minimum atomic E-state index is -3.58. The third kappa shape index (κ3) is 3.83. The number of hydrogen-bond acceptors (Lipinski definition) is 5. The van der Waals surface area contributed by atoms with E-state index in [0.717, 1.165) is 12.7 Å². The van der Waals surface area contributed by atoms with Crippen LogP contribution < -0.4 is 4.72 Å². The van der Waals surface area contributed by atoms with Gasteiger partial charge in [-0.2, -0.15) is 0 Å². The Labute approximate surface area is 166 Å². The number of nitrogens with one attached hydrogen (secondary N) is 1. The number of ether oxygens (including phenoxy) is 1. The summed E-state index contributed by atoms with van der Waals surface area (Å²) in [5.74, 6) is -1.59. The second kappa shape index (κ2) is 7.16. The van der Waals surface area contributed by atoms with Crippen LogP contribution in [0.5, 0.6) is 0 Å². The van der Waals surface area contributed by atoms with E-state index in [1.807, 2.05) is 0 Å². The predicted octanol–water partition coefficient (Wildman–Crippen LogP) is 4.16. The Morgan fingerprint density at radius 2 is 1.97 bits per heavy atom. The molecule has 1 fully saturated rings. The molecule has 1 aromatic heterocycles. The van der Waals surface area contributed by atoms with E-state index in [-0.39, 0.29) is 28.7 Å². The fraction of sp³-hybridized carbons (Fsp3) is 0.250. The number of carboxylic acids is 1. The van der Waals surface area contributed by atoms with Gasteiger partial charge in [-0.1, -0.05) is 0 Å². The molecule has 0 spiro atoms. The van der Waals surface area contributed by atoms with Gasteiger partial charge in [0.2, 0.25) is 10.0 Å². The molecule has 4 rings (SSSR count). The SMILES string of the molecule is CS(=O)(=O)Nc1cc2oc(-c3ccc(F)cc3)c(C(=O)O)c2cc1C1CCCO1. The van der Waals surface area contributed by atoms with Crippen molar-refractivity contribution >= 4 is 32.6 Å². The molecule has 9 heteroatoms. The maximum atomic E-state index is 13.3. The molecule has 1 aliphatic heterocycles. The summed E-state index contributed by atoms with van der Waals surface area (Å²) in [5.41, 5.74) is 1.36. The quantitative estimate of drug-likeness (QED) is 0.643. The van der Waals surface area contributed by atoms with Crippen LogP contribution in [0.1, 0.15) is 34.9 Å². The second-order valence-electron chi connectivity index (χ2n) is 6.93. The van der Waals surface area contributed by atoms with Crippen molar-refractivity contribution in [1.29, 1.82) is 0 Å². The molecule has 1 atom stereocenters. The first kappa shape index (κ1) is 19.4. The summed E-state index contributed by atoms with van der Waals surface area (Å²) < 4.78 is 50.9. The molecule has 1 aliphatic rings. The van der Waals surface area contributed by atoms with Gasteiger partial charge in [0, 0.05) is 29.2 Å². The Balaban J connectivity index is 1.97. The number of furan rings is 1. The highest BCUT2D eigenvalue weighted by atomic mass is 32.2. The lowest BCUT2D eigenvalue weighted by atomic mass is 9.99. The van der Waals surface area contributed by atoms with Crippen LogP contribution in [0, 0.1) is 5.82 Å². The Morgan fingerprint density at radius 1 is 1.24 bits per heavy atom. The first-order chi connectivity index (χ1) is 13.7. The van der Waals surface area contributed by atoms with Crippen LogP contribution in [-0.4, -0.2) is 32.4 Å². The molecule has 7 nitrogen and oxygen atoms in total. The summed E-state index contributed by atoms with van der Waals surface area (Å²) >= 11 is 0. The highest BCUT2D eigenvalue weighted by molar-refractivity contribution is 7.92. The van der Waals surface area contributed by atoms with Crippen LogP contribution in [0.4, 0.5) is 10.1 Å². The lowest BCUT2D eigenvalue weighted by Crippen LogP contribution is -2.12. The molecule has 2 aromatic carbocycles. The average molecular weight is 419 g/mol. The van der Waals surface area contributed by atoms with Crippen molar-refractivity contribution in [1.82, 2.24) is 0 Å². The summed E-state index contributed by atoms with van der Waals surface area (Å²) in [4.78, 5) is 12.0. The summed E-state index contributed by atoms with van der Waals surface area (Å²) in [6, 6.07) is 8.34. The summed E-state index contributed by atoms with van der Waals surface area (Å²) in [6.07, 6.45) is 2.19. The Kier molecular flexibility index (Phi) is 4.79. The molecule has 0 amide bonds. The first-order valence-corrected chi connectivity index (χ1v) is 10.8. The van der Waals surface area contributed by atoms with Gasteiger partial charge in [0.25, 0.3) is 0 Å². The number of aromatic carboxylic acids is 1. The van der Waals surface area contributed by atoms with Gasteiger partial charge < -0.3 is 14.3 Å². The third-order valence-corrected chi connectivity index (χ3v) is 5.34. The van der Waals surface area contributed by atoms with E-state index in [0.29, 0.717) is 29.5 Å².